The Morgan fingerprint density at radius 1 is 0.463 bits per heavy atom. The highest BCUT2D eigenvalue weighted by Gasteiger charge is 2.13. The monoisotopic (exact) mass is 965 g/mol. The van der Waals surface area contributed by atoms with E-state index in [1.165, 1.54) is 0 Å². The Hall–Kier alpha value is -4.07. The molecule has 0 rings (SSSR count). The first-order chi connectivity index (χ1) is 32.5. The van der Waals surface area contributed by atoms with Gasteiger partial charge in [-0.25, -0.2) is 0 Å². The summed E-state index contributed by atoms with van der Waals surface area (Å²) in [6.07, 6.45) is 6.40. The van der Waals surface area contributed by atoms with Crippen LogP contribution in [0.4, 0.5) is 0 Å². The van der Waals surface area contributed by atoms with Crippen molar-refractivity contribution in [3.63, 3.8) is 0 Å². The SMILES string of the molecule is CC[C@@H](CCCCNC(=O)CCOCCOCCOCCOCCNC(=O)CO/N=C(/C)CCC(=O)NCCOCCOCCOCCOCCC(=O)NCCCC[C@H](NC)C(N)=O)C(N)=O. The Morgan fingerprint density at radius 2 is 0.851 bits per heavy atom. The average Bonchev–Trinajstić information content (AvgIpc) is 3.30. The summed E-state index contributed by atoms with van der Waals surface area (Å²) in [7, 11) is 1.69. The van der Waals surface area contributed by atoms with E-state index in [1.54, 1.807) is 14.0 Å². The second-order valence-corrected chi connectivity index (χ2v) is 15.1. The third-order valence-electron chi connectivity index (χ3n) is 9.58. The zero-order chi connectivity index (χ0) is 49.4. The van der Waals surface area contributed by atoms with Crippen LogP contribution in [0.25, 0.3) is 0 Å². The number of carbonyl (C=O) groups is 6. The number of nitrogens with one attached hydrogen (secondary N) is 5. The second kappa shape index (κ2) is 47.0. The number of nitrogens with zero attached hydrogens (tertiary/aromatic N) is 1. The summed E-state index contributed by atoms with van der Waals surface area (Å²) >= 11 is 0. The van der Waals surface area contributed by atoms with Crippen LogP contribution in [0.5, 0.6) is 0 Å². The van der Waals surface area contributed by atoms with Gasteiger partial charge in [-0.05, 0) is 58.9 Å². The third-order valence-corrected chi connectivity index (χ3v) is 9.58. The number of unbranched alkanes of at least 4 members (excludes halogenated alkanes) is 2. The molecule has 0 aromatic heterocycles. The molecular weight excluding hydrogens is 881 g/mol. The van der Waals surface area contributed by atoms with Crippen molar-refractivity contribution in [2.24, 2.45) is 22.5 Å². The van der Waals surface area contributed by atoms with Crippen molar-refractivity contribution in [1.29, 1.82) is 0 Å². The number of rotatable bonds is 50. The number of carbonyl (C=O) groups excluding carboxylic acids is 6. The van der Waals surface area contributed by atoms with Crippen LogP contribution in [0.2, 0.25) is 0 Å². The molecule has 6 amide bonds. The lowest BCUT2D eigenvalue weighted by molar-refractivity contribution is -0.126. The smallest absolute Gasteiger partial charge is 0.260 e. The first-order valence-electron chi connectivity index (χ1n) is 23.6. The van der Waals surface area contributed by atoms with Crippen molar-refractivity contribution >= 4 is 41.2 Å². The van der Waals surface area contributed by atoms with Gasteiger partial charge in [-0.15, -0.1) is 0 Å². The molecular formula is C44H84N8O15. The zero-order valence-electron chi connectivity index (χ0n) is 40.5. The molecule has 0 spiro atoms. The van der Waals surface area contributed by atoms with Crippen LogP contribution in [-0.2, 0) is 71.5 Å². The fourth-order valence-corrected chi connectivity index (χ4v) is 5.66. The Bertz CT molecular complexity index is 1320. The van der Waals surface area contributed by atoms with Gasteiger partial charge in [-0.1, -0.05) is 18.5 Å². The van der Waals surface area contributed by atoms with Crippen LogP contribution in [0, 0.1) is 5.92 Å². The Labute approximate surface area is 397 Å². The summed E-state index contributed by atoms with van der Waals surface area (Å²) in [5.74, 6) is -1.41. The molecule has 0 radical (unpaired) electrons. The fourth-order valence-electron chi connectivity index (χ4n) is 5.66. The van der Waals surface area contributed by atoms with Crippen LogP contribution in [0.15, 0.2) is 5.16 Å². The Balaban J connectivity index is 3.48. The van der Waals surface area contributed by atoms with E-state index in [4.69, 9.17) is 54.2 Å². The molecule has 0 aliphatic heterocycles. The summed E-state index contributed by atoms with van der Waals surface area (Å²) in [5, 5.41) is 17.9. The van der Waals surface area contributed by atoms with Crippen LogP contribution in [0.1, 0.15) is 84.5 Å². The van der Waals surface area contributed by atoms with Gasteiger partial charge in [0, 0.05) is 51.4 Å². The van der Waals surface area contributed by atoms with Crippen LogP contribution < -0.4 is 38.1 Å². The van der Waals surface area contributed by atoms with Crippen LogP contribution >= 0.6 is 0 Å². The van der Waals surface area contributed by atoms with E-state index in [0.29, 0.717) is 150 Å². The largest absolute Gasteiger partial charge is 0.386 e. The molecule has 67 heavy (non-hydrogen) atoms. The molecule has 2 atom stereocenters. The lowest BCUT2D eigenvalue weighted by Gasteiger charge is -2.11. The predicted octanol–water partition coefficient (Wildman–Crippen LogP) is -0.538. The quantitative estimate of drug-likeness (QED) is 0.0229. The van der Waals surface area contributed by atoms with E-state index in [2.05, 4.69) is 31.7 Å². The number of ether oxygens (including phenoxy) is 8. The summed E-state index contributed by atoms with van der Waals surface area (Å²) in [6, 6.07) is -0.348. The van der Waals surface area contributed by atoms with Gasteiger partial charge >= 0.3 is 0 Å². The summed E-state index contributed by atoms with van der Waals surface area (Å²) in [5.41, 5.74) is 11.2. The van der Waals surface area contributed by atoms with Crippen LogP contribution in [-0.4, -0.2) is 193 Å². The van der Waals surface area contributed by atoms with E-state index >= 15 is 0 Å². The van der Waals surface area contributed by atoms with Crippen LogP contribution in [0.3, 0.4) is 0 Å². The van der Waals surface area contributed by atoms with Gasteiger partial charge in [-0.3, -0.25) is 28.8 Å². The molecule has 9 N–H and O–H groups in total. The number of hydrogen-bond acceptors (Lipinski definition) is 17. The van der Waals surface area contributed by atoms with Gasteiger partial charge < -0.3 is 80.8 Å². The molecule has 0 aromatic rings. The van der Waals surface area contributed by atoms with E-state index in [9.17, 15) is 28.8 Å². The van der Waals surface area contributed by atoms with E-state index in [-0.39, 0.29) is 73.3 Å². The molecule has 23 nitrogen and oxygen atoms in total. The molecule has 0 saturated carbocycles. The molecule has 0 fully saturated rings. The summed E-state index contributed by atoms with van der Waals surface area (Å²) in [4.78, 5) is 75.4. The Morgan fingerprint density at radius 3 is 1.27 bits per heavy atom. The lowest BCUT2D eigenvalue weighted by Crippen LogP contribution is -2.39. The fraction of sp³-hybridized carbons (Fsp3) is 0.841. The molecule has 0 aliphatic rings. The first-order valence-corrected chi connectivity index (χ1v) is 23.6. The van der Waals surface area contributed by atoms with Crippen molar-refractivity contribution in [2.45, 2.75) is 90.5 Å². The Kier molecular flexibility index (Phi) is 44.2. The van der Waals surface area contributed by atoms with Crippen molar-refractivity contribution < 1.29 is 71.5 Å². The number of amides is 6. The number of hydrogen-bond donors (Lipinski definition) is 7. The van der Waals surface area contributed by atoms with Crippen molar-refractivity contribution in [3.8, 4) is 0 Å². The minimum absolute atomic E-state index is 0.0751. The molecule has 0 aromatic carbocycles. The molecule has 0 unspecified atom stereocenters. The van der Waals surface area contributed by atoms with Gasteiger partial charge in [0.25, 0.3) is 5.91 Å². The van der Waals surface area contributed by atoms with Gasteiger partial charge in [0.15, 0.2) is 6.61 Å². The standard InChI is InChI=1S/C44H84N8O15/c1-4-37(43(45)57)9-5-7-15-48-40(54)13-19-59-23-27-64-32-34-66-30-26-62-22-18-51-42(56)35-67-52-36(2)11-12-39(53)50-17-21-61-25-29-65-33-31-63-28-24-60-20-14-41(55)49-16-8-6-10-38(47-3)44(46)58/h37-38,47H,4-35H2,1-3H3,(H2,45,57)(H2,46,58)(H,48,54)(H,49,55)(H,50,53)(H,51,56)/b52-36-/t37-,38-/m0/s1. The van der Waals surface area contributed by atoms with Gasteiger partial charge in [0.1, 0.15) is 0 Å². The predicted molar refractivity (Wildman–Crippen MR) is 249 cm³/mol. The maximum absolute atomic E-state index is 12.1. The van der Waals surface area contributed by atoms with Gasteiger partial charge in [-0.2, -0.15) is 0 Å². The minimum Gasteiger partial charge on any atom is -0.386 e. The van der Waals surface area contributed by atoms with Gasteiger partial charge in [0.05, 0.1) is 117 Å². The van der Waals surface area contributed by atoms with E-state index < -0.39 is 0 Å². The van der Waals surface area contributed by atoms with E-state index in [1.807, 2.05) is 6.92 Å². The molecule has 0 aliphatic carbocycles. The highest BCUT2D eigenvalue weighted by atomic mass is 16.6. The number of likely N-dealkylation sites (N-methyl/N-ethyl adjacent to an activating group) is 1. The third kappa shape index (κ3) is 44.2. The minimum atomic E-state index is -0.378. The molecule has 390 valence electrons. The summed E-state index contributed by atoms with van der Waals surface area (Å²) in [6.45, 7) is 11.0. The first kappa shape index (κ1) is 62.9. The number of nitrogens with two attached hydrogens (primary N) is 2. The highest BCUT2D eigenvalue weighted by molar-refractivity contribution is 5.86. The molecule has 0 saturated heterocycles. The van der Waals surface area contributed by atoms with E-state index in [0.717, 1.165) is 38.5 Å². The van der Waals surface area contributed by atoms with Gasteiger partial charge in [0.2, 0.25) is 29.5 Å². The number of oxime groups is 1. The van der Waals surface area contributed by atoms with Crippen molar-refractivity contribution in [2.75, 3.05) is 146 Å². The molecule has 0 heterocycles. The lowest BCUT2D eigenvalue weighted by atomic mass is 9.99. The van der Waals surface area contributed by atoms with Crippen molar-refractivity contribution in [3.05, 3.63) is 0 Å². The molecule has 23 heteroatoms. The van der Waals surface area contributed by atoms with Crippen molar-refractivity contribution in [1.82, 2.24) is 26.6 Å². The normalized spacial score (nSPS) is 12.3. The topological polar surface area (TPSA) is 310 Å². The summed E-state index contributed by atoms with van der Waals surface area (Å²) < 4.78 is 43.6. The molecule has 0 bridgehead atoms. The highest BCUT2D eigenvalue weighted by Crippen LogP contribution is 2.11. The average molecular weight is 965 g/mol. The maximum atomic E-state index is 12.1. The zero-order valence-corrected chi connectivity index (χ0v) is 40.5. The maximum Gasteiger partial charge on any atom is 0.260 e. The number of primary amides is 2. The second-order valence-electron chi connectivity index (χ2n) is 15.1.